The average Bonchev–Trinajstić information content (AvgIpc) is 3.91. The predicted molar refractivity (Wildman–Crippen MR) is 263 cm³/mol. The standard InChI is InChI=1S/C53H69N7O7S/c1-32-25-43(55-28-39(32)27-54)67-50-52(7,8)49(53(50,9)10)59-46(63)38-18-16-35(17-19-38)15-13-11-12-14-24-66-30-42(62)58-45(51(4,5)6)48(65)60-29-40(61)26-41(60)47(64)57-33(2)36-20-22-37(23-21-36)44-34(3)56-31-68-44/h16-23,25,28,31,33,40-41,45,49-50,61H,11-15,24,26,29-30H2,1-10H3,(H,57,64)(H,58,62)(H,59,63)/t33-,40+,41-,45+,49?,50?/m0/s1. The SMILES string of the molecule is Cc1cc(OC2C(C)(C)C(NC(=O)c3ccc(CCCCCCOCC(=O)N[C@H](C(=O)N4C[C@H](O)C[C@H]4C(=O)N[C@@H](C)c4ccc(-c5scnc5C)cc4)C(C)(C)C)cc3)C2(C)C)ncc1C#N. The Morgan fingerprint density at radius 1 is 0.956 bits per heavy atom. The molecular weight excluding hydrogens is 879 g/mol. The first-order valence-electron chi connectivity index (χ1n) is 23.7. The van der Waals surface area contributed by atoms with Crippen LogP contribution in [-0.2, 0) is 25.5 Å². The lowest BCUT2D eigenvalue weighted by atomic mass is 9.49. The van der Waals surface area contributed by atoms with Gasteiger partial charge in [-0.05, 0) is 79.8 Å². The number of ether oxygens (including phenoxy) is 2. The number of nitriles is 1. The lowest BCUT2D eigenvalue weighted by Gasteiger charge is -2.62. The van der Waals surface area contributed by atoms with E-state index < -0.39 is 35.4 Å². The van der Waals surface area contributed by atoms with Gasteiger partial charge in [0.05, 0.1) is 33.8 Å². The number of aromatic nitrogens is 2. The third-order valence-electron chi connectivity index (χ3n) is 13.6. The van der Waals surface area contributed by atoms with Gasteiger partial charge in [0.25, 0.3) is 5.91 Å². The fourth-order valence-electron chi connectivity index (χ4n) is 9.94. The Morgan fingerprint density at radius 3 is 2.25 bits per heavy atom. The first-order chi connectivity index (χ1) is 32.1. The maximum Gasteiger partial charge on any atom is 0.251 e. The van der Waals surface area contributed by atoms with Crippen LogP contribution in [0, 0.1) is 41.4 Å². The number of β-amino-alcohol motifs (C(OH)–C–C–N with tert-alkyl or cyclic N) is 1. The molecule has 1 aliphatic carbocycles. The van der Waals surface area contributed by atoms with E-state index >= 15 is 0 Å². The number of aryl methyl sites for hydroxylation is 3. The maximum atomic E-state index is 14.1. The lowest BCUT2D eigenvalue weighted by Crippen LogP contribution is -2.74. The second-order valence-corrected chi connectivity index (χ2v) is 21.6. The van der Waals surface area contributed by atoms with Crippen molar-refractivity contribution in [3.63, 3.8) is 0 Å². The second kappa shape index (κ2) is 21.7. The number of carbonyl (C=O) groups is 4. The van der Waals surface area contributed by atoms with Crippen molar-refractivity contribution in [1.29, 1.82) is 5.26 Å². The molecule has 4 atom stereocenters. The molecule has 4 N–H and O–H groups in total. The fraction of sp³-hybridized carbons (Fsp3) is 0.528. The smallest absolute Gasteiger partial charge is 0.251 e. The molecular formula is C53H69N7O7S. The number of hydrogen-bond donors (Lipinski definition) is 4. The Labute approximate surface area is 405 Å². The highest BCUT2D eigenvalue weighted by Crippen LogP contribution is 2.55. The molecule has 68 heavy (non-hydrogen) atoms. The van der Waals surface area contributed by atoms with Crippen LogP contribution in [0.5, 0.6) is 5.88 Å². The number of benzene rings is 2. The van der Waals surface area contributed by atoms with Crippen molar-refractivity contribution in [2.75, 3.05) is 19.8 Å². The summed E-state index contributed by atoms with van der Waals surface area (Å²) < 4.78 is 12.1. The molecule has 2 aromatic heterocycles. The Balaban J connectivity index is 0.887. The van der Waals surface area contributed by atoms with E-state index in [1.165, 1.54) is 11.1 Å². The van der Waals surface area contributed by atoms with E-state index in [1.807, 2.05) is 95.6 Å². The van der Waals surface area contributed by atoms with Gasteiger partial charge in [-0.15, -0.1) is 11.3 Å². The highest BCUT2D eigenvalue weighted by atomic mass is 32.1. The molecule has 6 rings (SSSR count). The van der Waals surface area contributed by atoms with Gasteiger partial charge in [-0.25, -0.2) is 9.97 Å². The van der Waals surface area contributed by atoms with Crippen molar-refractivity contribution in [1.82, 2.24) is 30.8 Å². The third kappa shape index (κ3) is 12.1. The number of pyridine rings is 1. The number of nitrogens with zero attached hydrogens (tertiary/aromatic N) is 4. The van der Waals surface area contributed by atoms with Crippen LogP contribution in [0.3, 0.4) is 0 Å². The predicted octanol–water partition coefficient (Wildman–Crippen LogP) is 7.80. The van der Waals surface area contributed by atoms with E-state index in [9.17, 15) is 29.5 Å². The average molecular weight is 948 g/mol. The van der Waals surface area contributed by atoms with Crippen molar-refractivity contribution in [2.45, 2.75) is 144 Å². The van der Waals surface area contributed by atoms with Gasteiger partial charge in [0.2, 0.25) is 23.6 Å². The summed E-state index contributed by atoms with van der Waals surface area (Å²) in [6, 6.07) is 17.3. The van der Waals surface area contributed by atoms with E-state index in [4.69, 9.17) is 9.47 Å². The minimum Gasteiger partial charge on any atom is -0.473 e. The largest absolute Gasteiger partial charge is 0.473 e. The molecule has 364 valence electrons. The zero-order valence-corrected chi connectivity index (χ0v) is 42.1. The Morgan fingerprint density at radius 2 is 1.63 bits per heavy atom. The number of likely N-dealkylation sites (tertiary alicyclic amines) is 1. The molecule has 14 nitrogen and oxygen atoms in total. The van der Waals surface area contributed by atoms with Gasteiger partial charge in [-0.1, -0.05) is 97.7 Å². The monoisotopic (exact) mass is 947 g/mol. The van der Waals surface area contributed by atoms with E-state index in [2.05, 4.69) is 59.7 Å². The van der Waals surface area contributed by atoms with Crippen LogP contribution in [0.2, 0.25) is 0 Å². The molecule has 4 amide bonds. The van der Waals surface area contributed by atoms with Gasteiger partial charge in [-0.2, -0.15) is 5.26 Å². The minimum absolute atomic E-state index is 0.00717. The van der Waals surface area contributed by atoms with Gasteiger partial charge in [0.1, 0.15) is 30.9 Å². The summed E-state index contributed by atoms with van der Waals surface area (Å²) in [6.07, 6.45) is 5.06. The van der Waals surface area contributed by atoms with Gasteiger partial charge >= 0.3 is 0 Å². The van der Waals surface area contributed by atoms with Crippen molar-refractivity contribution in [3.8, 4) is 22.4 Å². The van der Waals surface area contributed by atoms with Crippen molar-refractivity contribution in [3.05, 3.63) is 99.8 Å². The van der Waals surface area contributed by atoms with Crippen molar-refractivity contribution < 1.29 is 33.8 Å². The summed E-state index contributed by atoms with van der Waals surface area (Å²) >= 11 is 1.58. The second-order valence-electron chi connectivity index (χ2n) is 20.8. The topological polar surface area (TPSA) is 196 Å². The summed E-state index contributed by atoms with van der Waals surface area (Å²) in [4.78, 5) is 65.4. The summed E-state index contributed by atoms with van der Waals surface area (Å²) in [6.45, 7) is 19.8. The Kier molecular flexibility index (Phi) is 16.5. The highest BCUT2D eigenvalue weighted by Gasteiger charge is 2.64. The number of aliphatic hydroxyl groups excluding tert-OH is 1. The van der Waals surface area contributed by atoms with E-state index in [0.29, 0.717) is 23.6 Å². The zero-order chi connectivity index (χ0) is 49.6. The molecule has 0 radical (unpaired) electrons. The highest BCUT2D eigenvalue weighted by molar-refractivity contribution is 7.13. The molecule has 4 aromatic rings. The van der Waals surface area contributed by atoms with Crippen LogP contribution in [0.4, 0.5) is 0 Å². The Bertz CT molecular complexity index is 2440. The quantitative estimate of drug-likeness (QED) is 0.0674. The molecule has 1 aliphatic heterocycles. The Hall–Kier alpha value is -5.69. The normalized spacial score (nSPS) is 20.4. The molecule has 2 aliphatic rings. The molecule has 0 bridgehead atoms. The first kappa shape index (κ1) is 51.7. The van der Waals surface area contributed by atoms with Crippen LogP contribution in [0.25, 0.3) is 10.4 Å². The van der Waals surface area contributed by atoms with Crippen molar-refractivity contribution >= 4 is 35.0 Å². The number of nitrogens with one attached hydrogen (secondary N) is 3. The lowest BCUT2D eigenvalue weighted by molar-refractivity contribution is -0.165. The molecule has 2 aromatic carbocycles. The maximum absolute atomic E-state index is 14.1. The molecule has 0 unspecified atom stereocenters. The van der Waals surface area contributed by atoms with Crippen LogP contribution in [0.15, 0.2) is 66.3 Å². The van der Waals surface area contributed by atoms with Crippen LogP contribution >= 0.6 is 11.3 Å². The molecule has 2 fully saturated rings. The molecule has 3 heterocycles. The molecule has 15 heteroatoms. The fourth-order valence-corrected chi connectivity index (χ4v) is 10.8. The van der Waals surface area contributed by atoms with Gasteiger partial charge < -0.3 is 35.4 Å². The van der Waals surface area contributed by atoms with Crippen LogP contribution in [0.1, 0.15) is 132 Å². The number of amides is 4. The molecule has 1 saturated carbocycles. The number of aliphatic hydroxyl groups is 1. The number of thiazole rings is 1. The van der Waals surface area contributed by atoms with E-state index in [-0.39, 0.29) is 60.4 Å². The summed E-state index contributed by atoms with van der Waals surface area (Å²) in [5, 5.41) is 29.0. The first-order valence-corrected chi connectivity index (χ1v) is 24.6. The van der Waals surface area contributed by atoms with Gasteiger partial charge in [0.15, 0.2) is 0 Å². The third-order valence-corrected chi connectivity index (χ3v) is 14.6. The molecule has 1 saturated heterocycles. The van der Waals surface area contributed by atoms with Crippen LogP contribution < -0.4 is 20.7 Å². The molecule has 0 spiro atoms. The minimum atomic E-state index is -0.942. The number of carbonyl (C=O) groups excluding carboxylic acids is 4. The zero-order valence-electron chi connectivity index (χ0n) is 41.3. The summed E-state index contributed by atoms with van der Waals surface area (Å²) in [5.41, 5.74) is 6.40. The number of hydrogen-bond acceptors (Lipinski definition) is 11. The van der Waals surface area contributed by atoms with Gasteiger partial charge in [-0.3, -0.25) is 19.2 Å². The summed E-state index contributed by atoms with van der Waals surface area (Å²) in [7, 11) is 0. The van der Waals surface area contributed by atoms with Crippen molar-refractivity contribution in [2.24, 2.45) is 16.2 Å². The summed E-state index contributed by atoms with van der Waals surface area (Å²) in [5.74, 6) is -0.870. The van der Waals surface area contributed by atoms with Gasteiger partial charge in [0, 0.05) is 54.3 Å². The van der Waals surface area contributed by atoms with E-state index in [0.717, 1.165) is 64.9 Å². The van der Waals surface area contributed by atoms with Crippen LogP contribution in [-0.4, -0.2) is 93.7 Å². The van der Waals surface area contributed by atoms with E-state index in [1.54, 1.807) is 17.4 Å². The number of rotatable bonds is 19. The number of unbranched alkanes of at least 4 members (excludes halogenated alkanes) is 3.